The molecule has 0 radical (unpaired) electrons. The molecule has 0 heterocycles. The van der Waals surface area contributed by atoms with Gasteiger partial charge in [0, 0.05) is 0 Å². The molecule has 118 valence electrons. The van der Waals surface area contributed by atoms with E-state index in [1.165, 1.54) is 5.56 Å². The average Bonchev–Trinajstić information content (AvgIpc) is 2.54. The Morgan fingerprint density at radius 1 is 1.05 bits per heavy atom. The zero-order valence-corrected chi connectivity index (χ0v) is 13.5. The third kappa shape index (κ3) is 4.25. The molecular formula is C19H24O3. The van der Waals surface area contributed by atoms with E-state index in [0.717, 1.165) is 29.0 Å². The van der Waals surface area contributed by atoms with Gasteiger partial charge in [-0.2, -0.15) is 0 Å². The first kappa shape index (κ1) is 16.4. The van der Waals surface area contributed by atoms with Gasteiger partial charge in [0.15, 0.2) is 11.5 Å². The molecule has 0 bridgehead atoms. The molecule has 2 aromatic carbocycles. The third-order valence-electron chi connectivity index (χ3n) is 3.70. The van der Waals surface area contributed by atoms with Crippen LogP contribution in [0.15, 0.2) is 42.5 Å². The summed E-state index contributed by atoms with van der Waals surface area (Å²) in [6.45, 7) is 4.61. The molecule has 2 aromatic rings. The molecule has 1 N–H and O–H groups in total. The molecule has 0 fully saturated rings. The van der Waals surface area contributed by atoms with Crippen molar-refractivity contribution in [1.82, 2.24) is 0 Å². The van der Waals surface area contributed by atoms with E-state index in [0.29, 0.717) is 13.0 Å². The van der Waals surface area contributed by atoms with Gasteiger partial charge in [0.25, 0.3) is 0 Å². The van der Waals surface area contributed by atoms with Crippen molar-refractivity contribution in [3.8, 4) is 11.5 Å². The van der Waals surface area contributed by atoms with Gasteiger partial charge in [-0.15, -0.1) is 0 Å². The summed E-state index contributed by atoms with van der Waals surface area (Å²) in [5, 5.41) is 10.3. The second-order valence-electron chi connectivity index (χ2n) is 5.38. The number of hydrogen-bond acceptors (Lipinski definition) is 3. The number of aliphatic hydroxyl groups excluding tert-OH is 1. The highest BCUT2D eigenvalue weighted by molar-refractivity contribution is 5.43. The molecule has 0 aliphatic rings. The lowest BCUT2D eigenvalue weighted by molar-refractivity contribution is 0.168. The molecule has 0 spiro atoms. The van der Waals surface area contributed by atoms with Crippen molar-refractivity contribution in [1.29, 1.82) is 0 Å². The maximum atomic E-state index is 10.3. The van der Waals surface area contributed by atoms with Crippen LogP contribution in [0.5, 0.6) is 11.5 Å². The summed E-state index contributed by atoms with van der Waals surface area (Å²) in [4.78, 5) is 0. The van der Waals surface area contributed by atoms with Gasteiger partial charge >= 0.3 is 0 Å². The average molecular weight is 300 g/mol. The summed E-state index contributed by atoms with van der Waals surface area (Å²) in [6, 6.07) is 14.0. The van der Waals surface area contributed by atoms with Crippen molar-refractivity contribution in [3.63, 3.8) is 0 Å². The quantitative estimate of drug-likeness (QED) is 0.837. The van der Waals surface area contributed by atoms with Crippen molar-refractivity contribution < 1.29 is 14.6 Å². The van der Waals surface area contributed by atoms with Crippen LogP contribution in [0.25, 0.3) is 0 Å². The Morgan fingerprint density at radius 2 is 1.77 bits per heavy atom. The molecule has 0 amide bonds. The second kappa shape index (κ2) is 7.85. The first-order valence-electron chi connectivity index (χ1n) is 7.68. The van der Waals surface area contributed by atoms with E-state index in [1.54, 1.807) is 7.11 Å². The van der Waals surface area contributed by atoms with Gasteiger partial charge in [0.05, 0.1) is 19.8 Å². The molecule has 3 nitrogen and oxygen atoms in total. The fourth-order valence-corrected chi connectivity index (χ4v) is 2.40. The first-order chi connectivity index (χ1) is 10.6. The molecule has 2 rings (SSSR count). The van der Waals surface area contributed by atoms with E-state index in [-0.39, 0.29) is 0 Å². The lowest BCUT2D eigenvalue weighted by Crippen LogP contribution is -2.01. The predicted molar refractivity (Wildman–Crippen MR) is 88.6 cm³/mol. The summed E-state index contributed by atoms with van der Waals surface area (Å²) in [7, 11) is 1.64. The third-order valence-corrected chi connectivity index (χ3v) is 3.70. The van der Waals surface area contributed by atoms with E-state index in [9.17, 15) is 5.11 Å². The number of benzene rings is 2. The Balaban J connectivity index is 2.00. The minimum absolute atomic E-state index is 0.446. The zero-order valence-electron chi connectivity index (χ0n) is 13.5. The number of rotatable bonds is 7. The molecule has 0 saturated heterocycles. The highest BCUT2D eigenvalue weighted by Gasteiger charge is 2.10. The van der Waals surface area contributed by atoms with Crippen molar-refractivity contribution >= 4 is 0 Å². The van der Waals surface area contributed by atoms with Gasteiger partial charge in [-0.1, -0.05) is 35.9 Å². The molecule has 0 aliphatic heterocycles. The number of hydrogen-bond donors (Lipinski definition) is 1. The molecule has 3 heteroatoms. The maximum absolute atomic E-state index is 10.3. The maximum Gasteiger partial charge on any atom is 0.161 e. The lowest BCUT2D eigenvalue weighted by atomic mass is 10.0. The Hall–Kier alpha value is -2.00. The lowest BCUT2D eigenvalue weighted by Gasteiger charge is -2.13. The number of methoxy groups -OCH3 is 1. The predicted octanol–water partition coefficient (Wildman–Crippen LogP) is 4.07. The summed E-state index contributed by atoms with van der Waals surface area (Å²) < 4.78 is 10.9. The van der Waals surface area contributed by atoms with Crippen LogP contribution in [0, 0.1) is 6.92 Å². The van der Waals surface area contributed by atoms with Crippen LogP contribution in [-0.2, 0) is 6.42 Å². The molecule has 0 aromatic heterocycles. The SMILES string of the molecule is CCOc1ccc(CCC(O)c2ccc(C)cc2)cc1OC. The van der Waals surface area contributed by atoms with Crippen LogP contribution in [-0.4, -0.2) is 18.8 Å². The highest BCUT2D eigenvalue weighted by Crippen LogP contribution is 2.29. The summed E-state index contributed by atoms with van der Waals surface area (Å²) in [5.74, 6) is 1.50. The summed E-state index contributed by atoms with van der Waals surface area (Å²) in [6.07, 6.45) is 1.02. The van der Waals surface area contributed by atoms with Crippen LogP contribution in [0.2, 0.25) is 0 Å². The Labute approximate surface area is 132 Å². The van der Waals surface area contributed by atoms with Crippen molar-refractivity contribution in [2.45, 2.75) is 32.8 Å². The van der Waals surface area contributed by atoms with Gasteiger partial charge in [-0.05, 0) is 49.9 Å². The minimum Gasteiger partial charge on any atom is -0.493 e. The monoisotopic (exact) mass is 300 g/mol. The first-order valence-corrected chi connectivity index (χ1v) is 7.68. The van der Waals surface area contributed by atoms with E-state index in [1.807, 2.05) is 56.3 Å². The fraction of sp³-hybridized carbons (Fsp3) is 0.368. The van der Waals surface area contributed by atoms with Crippen LogP contribution in [0.3, 0.4) is 0 Å². The fourth-order valence-electron chi connectivity index (χ4n) is 2.40. The molecule has 1 unspecified atom stereocenters. The van der Waals surface area contributed by atoms with Crippen LogP contribution in [0.4, 0.5) is 0 Å². The second-order valence-corrected chi connectivity index (χ2v) is 5.38. The topological polar surface area (TPSA) is 38.7 Å². The van der Waals surface area contributed by atoms with E-state index in [4.69, 9.17) is 9.47 Å². The Morgan fingerprint density at radius 3 is 2.41 bits per heavy atom. The van der Waals surface area contributed by atoms with Crippen molar-refractivity contribution in [3.05, 3.63) is 59.2 Å². The number of ether oxygens (including phenoxy) is 2. The molecule has 0 aliphatic carbocycles. The molecule has 1 atom stereocenters. The van der Waals surface area contributed by atoms with Gasteiger partial charge < -0.3 is 14.6 Å². The highest BCUT2D eigenvalue weighted by atomic mass is 16.5. The van der Waals surface area contributed by atoms with Gasteiger partial charge in [-0.3, -0.25) is 0 Å². The van der Waals surface area contributed by atoms with Crippen LogP contribution in [0.1, 0.15) is 36.1 Å². The Kier molecular flexibility index (Phi) is 5.84. The van der Waals surface area contributed by atoms with Crippen LogP contribution < -0.4 is 9.47 Å². The molecule has 0 saturated carbocycles. The summed E-state index contributed by atoms with van der Waals surface area (Å²) >= 11 is 0. The van der Waals surface area contributed by atoms with E-state index < -0.39 is 6.10 Å². The van der Waals surface area contributed by atoms with E-state index in [2.05, 4.69) is 0 Å². The minimum atomic E-state index is -0.446. The normalized spacial score (nSPS) is 12.0. The standard InChI is InChI=1S/C19H24O3/c1-4-22-18-12-8-15(13-19(18)21-3)7-11-17(20)16-9-5-14(2)6-10-16/h5-6,8-10,12-13,17,20H,4,7,11H2,1-3H3. The van der Waals surface area contributed by atoms with Gasteiger partial charge in [0.2, 0.25) is 0 Å². The Bertz CT molecular complexity index is 590. The van der Waals surface area contributed by atoms with Gasteiger partial charge in [-0.25, -0.2) is 0 Å². The number of aliphatic hydroxyl groups is 1. The molecule has 22 heavy (non-hydrogen) atoms. The molecular weight excluding hydrogens is 276 g/mol. The largest absolute Gasteiger partial charge is 0.493 e. The van der Waals surface area contributed by atoms with Crippen LogP contribution >= 0.6 is 0 Å². The zero-order chi connectivity index (χ0) is 15.9. The smallest absolute Gasteiger partial charge is 0.161 e. The van der Waals surface area contributed by atoms with E-state index >= 15 is 0 Å². The number of aryl methyl sites for hydroxylation is 2. The van der Waals surface area contributed by atoms with Crippen molar-refractivity contribution in [2.24, 2.45) is 0 Å². The summed E-state index contributed by atoms with van der Waals surface area (Å²) in [5.41, 5.74) is 3.29. The van der Waals surface area contributed by atoms with Crippen molar-refractivity contribution in [2.75, 3.05) is 13.7 Å². The van der Waals surface area contributed by atoms with Gasteiger partial charge in [0.1, 0.15) is 0 Å².